The first-order chi connectivity index (χ1) is 11.7. The number of hydrogen-bond donors (Lipinski definition) is 2. The topological polar surface area (TPSA) is 64.4 Å². The van der Waals surface area contributed by atoms with Crippen LogP contribution in [0.5, 0.6) is 5.75 Å². The van der Waals surface area contributed by atoms with E-state index in [2.05, 4.69) is 5.32 Å². The van der Waals surface area contributed by atoms with E-state index >= 15 is 0 Å². The molecular formula is C20H24N2O2. The molecule has 2 aromatic rings. The molecule has 3 N–H and O–H groups in total. The predicted octanol–water partition coefficient (Wildman–Crippen LogP) is 4.16. The minimum Gasteiger partial charge on any atom is -0.490 e. The Bertz CT molecular complexity index is 694. The summed E-state index contributed by atoms with van der Waals surface area (Å²) in [5.41, 5.74) is 8.42. The number of carbonyl (C=O) groups is 1. The Hall–Kier alpha value is -2.49. The zero-order valence-corrected chi connectivity index (χ0v) is 13.8. The highest BCUT2D eigenvalue weighted by Gasteiger charge is 2.16. The lowest BCUT2D eigenvalue weighted by molar-refractivity contribution is -0.116. The van der Waals surface area contributed by atoms with Gasteiger partial charge in [0.2, 0.25) is 5.91 Å². The van der Waals surface area contributed by atoms with Gasteiger partial charge < -0.3 is 15.8 Å². The Balaban J connectivity index is 1.53. The number of carbonyl (C=O) groups excluding carboxylic acids is 1. The summed E-state index contributed by atoms with van der Waals surface area (Å²) in [6.07, 6.45) is 6.08. The number of amides is 1. The van der Waals surface area contributed by atoms with Crippen molar-refractivity contribution in [1.82, 2.24) is 0 Å². The van der Waals surface area contributed by atoms with Crippen LogP contribution in [-0.4, -0.2) is 12.0 Å². The molecule has 0 atom stereocenters. The van der Waals surface area contributed by atoms with E-state index in [4.69, 9.17) is 10.5 Å². The van der Waals surface area contributed by atoms with Gasteiger partial charge in [0.15, 0.2) is 0 Å². The molecule has 0 unspecified atom stereocenters. The number of nitrogens with one attached hydrogen (secondary N) is 1. The SMILES string of the molecule is Nc1ccccc1CCC(=O)Nc1cccc(OC2CCCC2)c1. The molecule has 0 aliphatic heterocycles. The van der Waals surface area contributed by atoms with Gasteiger partial charge >= 0.3 is 0 Å². The molecule has 0 bridgehead atoms. The Morgan fingerprint density at radius 1 is 1.12 bits per heavy atom. The molecule has 1 aliphatic rings. The number of nitrogen functional groups attached to an aromatic ring is 1. The van der Waals surface area contributed by atoms with Crippen LogP contribution in [0.25, 0.3) is 0 Å². The summed E-state index contributed by atoms with van der Waals surface area (Å²) in [5, 5.41) is 2.94. The Morgan fingerprint density at radius 2 is 1.92 bits per heavy atom. The highest BCUT2D eigenvalue weighted by molar-refractivity contribution is 5.91. The number of aryl methyl sites for hydroxylation is 1. The quantitative estimate of drug-likeness (QED) is 0.784. The van der Waals surface area contributed by atoms with E-state index in [1.165, 1.54) is 12.8 Å². The van der Waals surface area contributed by atoms with Gasteiger partial charge in [-0.05, 0) is 55.9 Å². The van der Waals surface area contributed by atoms with Crippen molar-refractivity contribution in [1.29, 1.82) is 0 Å². The van der Waals surface area contributed by atoms with Crippen LogP contribution in [0, 0.1) is 0 Å². The van der Waals surface area contributed by atoms with E-state index < -0.39 is 0 Å². The van der Waals surface area contributed by atoms with E-state index in [0.29, 0.717) is 18.9 Å². The number of nitrogens with two attached hydrogens (primary N) is 1. The number of hydrogen-bond acceptors (Lipinski definition) is 3. The highest BCUT2D eigenvalue weighted by Crippen LogP contribution is 2.25. The second-order valence-corrected chi connectivity index (χ2v) is 6.30. The van der Waals surface area contributed by atoms with Crippen LogP contribution in [0.2, 0.25) is 0 Å². The fraction of sp³-hybridized carbons (Fsp3) is 0.350. The maximum Gasteiger partial charge on any atom is 0.224 e. The zero-order chi connectivity index (χ0) is 16.8. The van der Waals surface area contributed by atoms with E-state index in [-0.39, 0.29) is 5.91 Å². The summed E-state index contributed by atoms with van der Waals surface area (Å²) in [4.78, 5) is 12.2. The molecule has 126 valence electrons. The van der Waals surface area contributed by atoms with Crippen molar-refractivity contribution in [2.75, 3.05) is 11.1 Å². The molecule has 0 spiro atoms. The van der Waals surface area contributed by atoms with Crippen LogP contribution in [0.15, 0.2) is 48.5 Å². The fourth-order valence-electron chi connectivity index (χ4n) is 3.08. The predicted molar refractivity (Wildman–Crippen MR) is 97.1 cm³/mol. The lowest BCUT2D eigenvalue weighted by atomic mass is 10.1. The van der Waals surface area contributed by atoms with Crippen LogP contribution in [0.1, 0.15) is 37.7 Å². The number of rotatable bonds is 6. The highest BCUT2D eigenvalue weighted by atomic mass is 16.5. The molecule has 0 heterocycles. The fourth-order valence-corrected chi connectivity index (χ4v) is 3.08. The van der Waals surface area contributed by atoms with Crippen molar-refractivity contribution in [3.63, 3.8) is 0 Å². The van der Waals surface area contributed by atoms with Gasteiger partial charge in [-0.15, -0.1) is 0 Å². The summed E-state index contributed by atoms with van der Waals surface area (Å²) in [6, 6.07) is 15.3. The summed E-state index contributed by atoms with van der Waals surface area (Å²) < 4.78 is 5.97. The molecule has 24 heavy (non-hydrogen) atoms. The van der Waals surface area contributed by atoms with Crippen molar-refractivity contribution in [3.05, 3.63) is 54.1 Å². The molecule has 1 saturated carbocycles. The van der Waals surface area contributed by atoms with Crippen LogP contribution in [-0.2, 0) is 11.2 Å². The molecule has 0 aromatic heterocycles. The monoisotopic (exact) mass is 324 g/mol. The van der Waals surface area contributed by atoms with Gasteiger partial charge in [0, 0.05) is 23.9 Å². The van der Waals surface area contributed by atoms with Gasteiger partial charge in [-0.2, -0.15) is 0 Å². The molecule has 0 saturated heterocycles. The minimum atomic E-state index is -0.0173. The van der Waals surface area contributed by atoms with Crippen molar-refractivity contribution < 1.29 is 9.53 Å². The molecule has 2 aromatic carbocycles. The summed E-state index contributed by atoms with van der Waals surface area (Å²) in [6.45, 7) is 0. The average molecular weight is 324 g/mol. The van der Waals surface area contributed by atoms with E-state index in [1.807, 2.05) is 48.5 Å². The Kier molecular flexibility index (Phi) is 5.36. The third-order valence-corrected chi connectivity index (χ3v) is 4.40. The third-order valence-electron chi connectivity index (χ3n) is 4.40. The van der Waals surface area contributed by atoms with Gasteiger partial charge in [-0.1, -0.05) is 24.3 Å². The second kappa shape index (κ2) is 7.86. The molecule has 1 fully saturated rings. The molecule has 0 radical (unpaired) electrons. The summed E-state index contributed by atoms with van der Waals surface area (Å²) in [5.74, 6) is 0.809. The standard InChI is InChI=1S/C20H24N2O2/c21-19-11-4-1-6-15(19)12-13-20(23)22-16-7-5-10-18(14-16)24-17-8-2-3-9-17/h1,4-7,10-11,14,17H,2-3,8-9,12-13,21H2,(H,22,23). The van der Waals surface area contributed by atoms with Crippen molar-refractivity contribution in [3.8, 4) is 5.75 Å². The largest absolute Gasteiger partial charge is 0.490 e. The van der Waals surface area contributed by atoms with Crippen LogP contribution in [0.3, 0.4) is 0 Å². The number of anilines is 2. The first kappa shape index (κ1) is 16.4. The van der Waals surface area contributed by atoms with E-state index in [9.17, 15) is 4.79 Å². The van der Waals surface area contributed by atoms with E-state index in [1.54, 1.807) is 0 Å². The van der Waals surface area contributed by atoms with Crippen LogP contribution < -0.4 is 15.8 Å². The molecular weight excluding hydrogens is 300 g/mol. The van der Waals surface area contributed by atoms with Crippen molar-refractivity contribution in [2.24, 2.45) is 0 Å². The first-order valence-electron chi connectivity index (χ1n) is 8.60. The van der Waals surface area contributed by atoms with Gasteiger partial charge in [0.25, 0.3) is 0 Å². The van der Waals surface area contributed by atoms with E-state index in [0.717, 1.165) is 35.5 Å². The first-order valence-corrected chi connectivity index (χ1v) is 8.60. The number of ether oxygens (including phenoxy) is 1. The van der Waals surface area contributed by atoms with Gasteiger partial charge in [-0.25, -0.2) is 0 Å². The molecule has 4 heteroatoms. The maximum absolute atomic E-state index is 12.2. The van der Waals surface area contributed by atoms with Gasteiger partial charge in [0.1, 0.15) is 5.75 Å². The lowest BCUT2D eigenvalue weighted by Crippen LogP contribution is -2.14. The third kappa shape index (κ3) is 4.51. The average Bonchev–Trinajstić information content (AvgIpc) is 3.07. The smallest absolute Gasteiger partial charge is 0.224 e. The molecule has 3 rings (SSSR count). The Morgan fingerprint density at radius 3 is 2.71 bits per heavy atom. The second-order valence-electron chi connectivity index (χ2n) is 6.30. The Labute approximate surface area is 143 Å². The summed E-state index contributed by atoms with van der Waals surface area (Å²) in [7, 11) is 0. The zero-order valence-electron chi connectivity index (χ0n) is 13.8. The van der Waals surface area contributed by atoms with Gasteiger partial charge in [-0.3, -0.25) is 4.79 Å². The molecule has 1 aliphatic carbocycles. The van der Waals surface area contributed by atoms with Crippen LogP contribution in [0.4, 0.5) is 11.4 Å². The number of benzene rings is 2. The van der Waals surface area contributed by atoms with Crippen LogP contribution >= 0.6 is 0 Å². The van der Waals surface area contributed by atoms with Crippen molar-refractivity contribution in [2.45, 2.75) is 44.6 Å². The lowest BCUT2D eigenvalue weighted by Gasteiger charge is -2.14. The van der Waals surface area contributed by atoms with Crippen molar-refractivity contribution >= 4 is 17.3 Å². The molecule has 4 nitrogen and oxygen atoms in total. The minimum absolute atomic E-state index is 0.0173. The maximum atomic E-state index is 12.2. The van der Waals surface area contributed by atoms with Gasteiger partial charge in [0.05, 0.1) is 6.10 Å². The summed E-state index contributed by atoms with van der Waals surface area (Å²) >= 11 is 0. The molecule has 1 amide bonds. The normalized spacial score (nSPS) is 14.5. The number of para-hydroxylation sites is 1.